The molecule has 2 aromatic rings. The Morgan fingerprint density at radius 2 is 2.23 bits per heavy atom. The van der Waals surface area contributed by atoms with Crippen LogP contribution in [0.25, 0.3) is 10.9 Å². The fourth-order valence-corrected chi connectivity index (χ4v) is 5.31. The average molecular weight is 320 g/mol. The lowest BCUT2D eigenvalue weighted by Gasteiger charge is -2.45. The van der Waals surface area contributed by atoms with Gasteiger partial charge in [-0.25, -0.2) is 0 Å². The summed E-state index contributed by atoms with van der Waals surface area (Å²) in [5.74, 6) is 0.172. The fourth-order valence-electron chi connectivity index (χ4n) is 4.47. The normalized spacial score (nSPS) is 28.7. The Hall–Kier alpha value is -1.37. The highest BCUT2D eigenvalue weighted by Crippen LogP contribution is 2.44. The molecule has 5 nitrogen and oxygen atoms in total. The predicted octanol–water partition coefficient (Wildman–Crippen LogP) is 2.02. The Morgan fingerprint density at radius 1 is 1.41 bits per heavy atom. The molecule has 2 heterocycles. The van der Waals surface area contributed by atoms with Gasteiger partial charge in [-0.05, 0) is 43.0 Å². The smallest absolute Gasteiger partial charge is 0.265 e. The number of rotatable bonds is 2. The highest BCUT2D eigenvalue weighted by molar-refractivity contribution is 7.85. The van der Waals surface area contributed by atoms with Gasteiger partial charge in [-0.1, -0.05) is 12.1 Å². The average Bonchev–Trinajstić information content (AvgIpc) is 2.83. The molecule has 0 bridgehead atoms. The number of hydrogen-bond donors (Lipinski definition) is 2. The van der Waals surface area contributed by atoms with Crippen LogP contribution in [0.3, 0.4) is 0 Å². The van der Waals surface area contributed by atoms with Crippen molar-refractivity contribution >= 4 is 21.0 Å². The first-order valence-electron chi connectivity index (χ1n) is 7.66. The summed E-state index contributed by atoms with van der Waals surface area (Å²) in [5, 5.41) is 1.31. The first kappa shape index (κ1) is 14.2. The van der Waals surface area contributed by atoms with Gasteiger partial charge in [0.1, 0.15) is 0 Å². The molecule has 4 rings (SSSR count). The Morgan fingerprint density at radius 3 is 3.00 bits per heavy atom. The first-order valence-corrected chi connectivity index (χ1v) is 9.27. The van der Waals surface area contributed by atoms with E-state index in [0.717, 1.165) is 24.9 Å². The number of benzene rings is 1. The molecule has 1 aliphatic heterocycles. The van der Waals surface area contributed by atoms with E-state index in [1.54, 1.807) is 0 Å². The van der Waals surface area contributed by atoms with Gasteiger partial charge in [0.05, 0.1) is 5.75 Å². The van der Waals surface area contributed by atoms with Crippen LogP contribution < -0.4 is 0 Å². The van der Waals surface area contributed by atoms with Crippen LogP contribution >= 0.6 is 0 Å². The number of likely N-dealkylation sites (N-methyl/N-ethyl adjacent to an activating group) is 1. The van der Waals surface area contributed by atoms with Crippen LogP contribution in [-0.2, 0) is 16.5 Å². The molecule has 1 saturated heterocycles. The zero-order valence-corrected chi connectivity index (χ0v) is 13.3. The third kappa shape index (κ3) is 2.26. The third-order valence-electron chi connectivity index (χ3n) is 5.26. The second-order valence-electron chi connectivity index (χ2n) is 6.75. The maximum absolute atomic E-state index is 11.2. The molecule has 2 N–H and O–H groups in total. The summed E-state index contributed by atoms with van der Waals surface area (Å²) in [4.78, 5) is 5.60. The molecule has 1 unspecified atom stereocenters. The maximum atomic E-state index is 11.2. The van der Waals surface area contributed by atoms with Gasteiger partial charge < -0.3 is 9.88 Å². The molecule has 22 heavy (non-hydrogen) atoms. The van der Waals surface area contributed by atoms with Crippen LogP contribution in [0.1, 0.15) is 23.5 Å². The van der Waals surface area contributed by atoms with Gasteiger partial charge >= 0.3 is 0 Å². The predicted molar refractivity (Wildman–Crippen MR) is 85.7 cm³/mol. The first-order chi connectivity index (χ1) is 10.4. The zero-order chi connectivity index (χ0) is 15.5. The number of nitrogens with zero attached hydrogens (tertiary/aromatic N) is 1. The summed E-state index contributed by atoms with van der Waals surface area (Å²) in [6.45, 7) is 0.719. The lowest BCUT2D eigenvalue weighted by molar-refractivity contribution is 0.120. The van der Waals surface area contributed by atoms with Crippen molar-refractivity contribution in [1.29, 1.82) is 0 Å². The van der Waals surface area contributed by atoms with E-state index >= 15 is 0 Å². The standard InChI is InChI=1S/C16H20N2O3S/c1-18-8-10(9-22(19,20)21)5-13-12-3-2-4-14-16(12)11(7-17-14)6-15(13)18/h2-4,7,10,13,15,17H,5-6,8-9H2,1H3,(H,19,20,21)/t10?,13-,15-/m1/s1. The Bertz CT molecular complexity index is 827. The van der Waals surface area contributed by atoms with Crippen LogP contribution in [0.2, 0.25) is 0 Å². The fraction of sp³-hybridized carbons (Fsp3) is 0.500. The van der Waals surface area contributed by atoms with Gasteiger partial charge in [-0.3, -0.25) is 4.55 Å². The minimum atomic E-state index is -3.92. The molecule has 0 spiro atoms. The van der Waals surface area contributed by atoms with Gasteiger partial charge in [-0.15, -0.1) is 0 Å². The SMILES string of the molecule is CN1CC(CS(=O)(=O)O)C[C@@H]2c3cccc4[nH]cc(c34)C[C@H]21. The van der Waals surface area contributed by atoms with E-state index in [9.17, 15) is 13.0 Å². The van der Waals surface area contributed by atoms with E-state index in [-0.39, 0.29) is 11.7 Å². The van der Waals surface area contributed by atoms with Gasteiger partial charge in [0.2, 0.25) is 0 Å². The highest BCUT2D eigenvalue weighted by atomic mass is 32.2. The molecule has 1 aromatic carbocycles. The van der Waals surface area contributed by atoms with Gasteiger partial charge in [0.15, 0.2) is 0 Å². The number of piperidine rings is 1. The number of aromatic amines is 1. The topological polar surface area (TPSA) is 73.4 Å². The molecule has 2 aliphatic rings. The number of nitrogens with one attached hydrogen (secondary N) is 1. The number of H-pyrrole nitrogens is 1. The monoisotopic (exact) mass is 320 g/mol. The second kappa shape index (κ2) is 4.81. The van der Waals surface area contributed by atoms with Crippen LogP contribution in [-0.4, -0.2) is 48.2 Å². The third-order valence-corrected chi connectivity index (χ3v) is 6.15. The summed E-state index contributed by atoms with van der Waals surface area (Å²) < 4.78 is 31.7. The molecule has 3 atom stereocenters. The minimum Gasteiger partial charge on any atom is -0.361 e. The van der Waals surface area contributed by atoms with Crippen molar-refractivity contribution in [2.75, 3.05) is 19.3 Å². The highest BCUT2D eigenvalue weighted by Gasteiger charge is 2.40. The van der Waals surface area contributed by atoms with E-state index in [0.29, 0.717) is 12.0 Å². The number of likely N-dealkylation sites (tertiary alicyclic amines) is 1. The lowest BCUT2D eigenvalue weighted by atomic mass is 9.73. The quantitative estimate of drug-likeness (QED) is 0.830. The molecular formula is C16H20N2O3S. The molecule has 0 radical (unpaired) electrons. The Labute approximate surface area is 130 Å². The maximum Gasteiger partial charge on any atom is 0.265 e. The summed E-state index contributed by atoms with van der Waals surface area (Å²) in [6.07, 6.45) is 3.91. The van der Waals surface area contributed by atoms with E-state index < -0.39 is 10.1 Å². The lowest BCUT2D eigenvalue weighted by Crippen LogP contribution is -2.49. The van der Waals surface area contributed by atoms with Crippen molar-refractivity contribution in [3.05, 3.63) is 35.5 Å². The van der Waals surface area contributed by atoms with Crippen LogP contribution in [0.4, 0.5) is 0 Å². The van der Waals surface area contributed by atoms with Crippen molar-refractivity contribution in [2.45, 2.75) is 24.8 Å². The van der Waals surface area contributed by atoms with Gasteiger partial charge in [0, 0.05) is 35.6 Å². The summed E-state index contributed by atoms with van der Waals surface area (Å²) in [7, 11) is -1.86. The summed E-state index contributed by atoms with van der Waals surface area (Å²) in [5.41, 5.74) is 3.83. The number of aromatic nitrogens is 1. The van der Waals surface area contributed by atoms with Gasteiger partial charge in [0.25, 0.3) is 10.1 Å². The molecule has 6 heteroatoms. The van der Waals surface area contributed by atoms with E-state index in [1.165, 1.54) is 16.5 Å². The van der Waals surface area contributed by atoms with E-state index in [1.807, 2.05) is 0 Å². The van der Waals surface area contributed by atoms with Crippen molar-refractivity contribution < 1.29 is 13.0 Å². The van der Waals surface area contributed by atoms with E-state index in [4.69, 9.17) is 0 Å². The zero-order valence-electron chi connectivity index (χ0n) is 12.5. The van der Waals surface area contributed by atoms with Crippen LogP contribution in [0.5, 0.6) is 0 Å². The Kier molecular flexibility index (Phi) is 3.11. The molecule has 0 amide bonds. The second-order valence-corrected chi connectivity index (χ2v) is 8.25. The summed E-state index contributed by atoms with van der Waals surface area (Å²) in [6, 6.07) is 6.73. The number of hydrogen-bond acceptors (Lipinski definition) is 3. The summed E-state index contributed by atoms with van der Waals surface area (Å²) >= 11 is 0. The van der Waals surface area contributed by atoms with Crippen LogP contribution in [0.15, 0.2) is 24.4 Å². The van der Waals surface area contributed by atoms with Crippen molar-refractivity contribution in [3.8, 4) is 0 Å². The molecule has 1 fully saturated rings. The molecule has 1 aliphatic carbocycles. The minimum absolute atomic E-state index is 0.0167. The van der Waals surface area contributed by atoms with Crippen LogP contribution in [0, 0.1) is 5.92 Å². The van der Waals surface area contributed by atoms with Gasteiger partial charge in [-0.2, -0.15) is 8.42 Å². The van der Waals surface area contributed by atoms with E-state index in [2.05, 4.69) is 41.3 Å². The largest absolute Gasteiger partial charge is 0.361 e. The molecule has 118 valence electrons. The van der Waals surface area contributed by atoms with Crippen molar-refractivity contribution in [1.82, 2.24) is 9.88 Å². The van der Waals surface area contributed by atoms with Crippen molar-refractivity contribution in [3.63, 3.8) is 0 Å². The Balaban J connectivity index is 1.75. The molecular weight excluding hydrogens is 300 g/mol. The molecule has 1 aromatic heterocycles. The van der Waals surface area contributed by atoms with Crippen molar-refractivity contribution in [2.24, 2.45) is 5.92 Å². The number of fused-ring (bicyclic) bond motifs is 2. The molecule has 0 saturated carbocycles.